The summed E-state index contributed by atoms with van der Waals surface area (Å²) in [5, 5.41) is 18.1. The maximum absolute atomic E-state index is 11.9. The van der Waals surface area contributed by atoms with Gasteiger partial charge in [-0.05, 0) is 30.0 Å². The molecule has 0 saturated heterocycles. The van der Waals surface area contributed by atoms with Crippen LogP contribution < -0.4 is 5.43 Å². The molecule has 9 nitrogen and oxygen atoms in total. The third-order valence-corrected chi connectivity index (χ3v) is 3.01. The van der Waals surface area contributed by atoms with Gasteiger partial charge in [0.2, 0.25) is 6.33 Å². The van der Waals surface area contributed by atoms with Gasteiger partial charge in [-0.2, -0.15) is 9.78 Å². The molecule has 1 amide bonds. The highest BCUT2D eigenvalue weighted by Gasteiger charge is 2.13. The van der Waals surface area contributed by atoms with Gasteiger partial charge in [-0.1, -0.05) is 27.0 Å². The molecule has 0 saturated carbocycles. The Balaban J connectivity index is 1.97. The van der Waals surface area contributed by atoms with E-state index in [1.54, 1.807) is 25.1 Å². The molecule has 0 bridgehead atoms. The number of nitro groups is 1. The maximum Gasteiger partial charge on any atom is 0.490 e. The maximum atomic E-state index is 11.9. The molecule has 0 fully saturated rings. The quantitative estimate of drug-likeness (QED) is 0.491. The van der Waals surface area contributed by atoms with Crippen molar-refractivity contribution >= 4 is 33.5 Å². The van der Waals surface area contributed by atoms with Gasteiger partial charge < -0.3 is 10.1 Å². The molecule has 0 spiro atoms. The van der Waals surface area contributed by atoms with Crippen LogP contribution in [0.25, 0.3) is 0 Å². The van der Waals surface area contributed by atoms with E-state index in [0.29, 0.717) is 11.3 Å². The first-order chi connectivity index (χ1) is 10.5. The lowest BCUT2D eigenvalue weighted by Gasteiger charge is -2.02. The third kappa shape index (κ3) is 4.19. The number of hydrogen-bond donors (Lipinski definition) is 1. The third-order valence-electron chi connectivity index (χ3n) is 2.51. The Morgan fingerprint density at radius 1 is 1.55 bits per heavy atom. The first-order valence-electron chi connectivity index (χ1n) is 6.08. The second-order valence-electron chi connectivity index (χ2n) is 4.30. The molecule has 0 aliphatic rings. The molecule has 10 heteroatoms. The molecule has 0 atom stereocenters. The van der Waals surface area contributed by atoms with Gasteiger partial charge in [-0.25, -0.2) is 5.43 Å². The first-order valence-corrected chi connectivity index (χ1v) is 6.88. The standard InChI is InChI=1S/C12H11BrN6O3/c1-8(6-18-7-14-12(17-18)19(21)22)15-16-11(20)9-3-2-4-10(13)5-9/h2-5,7H,6H2,1H3,(H,16,20)/b15-8-. The number of carbonyl (C=O) groups is 1. The van der Waals surface area contributed by atoms with E-state index in [0.717, 1.165) is 4.47 Å². The Morgan fingerprint density at radius 2 is 2.32 bits per heavy atom. The fourth-order valence-corrected chi connectivity index (χ4v) is 1.95. The van der Waals surface area contributed by atoms with Crippen LogP contribution in [-0.4, -0.2) is 31.3 Å². The minimum atomic E-state index is -0.683. The van der Waals surface area contributed by atoms with E-state index < -0.39 is 10.9 Å². The lowest BCUT2D eigenvalue weighted by atomic mass is 10.2. The van der Waals surface area contributed by atoms with E-state index in [1.807, 2.05) is 6.07 Å². The van der Waals surface area contributed by atoms with Crippen LogP contribution in [0.15, 0.2) is 40.2 Å². The van der Waals surface area contributed by atoms with Gasteiger partial charge >= 0.3 is 5.95 Å². The number of hydrazone groups is 1. The van der Waals surface area contributed by atoms with Crippen LogP contribution in [0.1, 0.15) is 17.3 Å². The zero-order valence-electron chi connectivity index (χ0n) is 11.4. The molecule has 1 heterocycles. The molecule has 2 rings (SSSR count). The molecule has 0 aliphatic carbocycles. The summed E-state index contributed by atoms with van der Waals surface area (Å²) in [7, 11) is 0. The monoisotopic (exact) mass is 366 g/mol. The number of carbonyl (C=O) groups excluding carboxylic acids is 1. The zero-order chi connectivity index (χ0) is 16.1. The summed E-state index contributed by atoms with van der Waals surface area (Å²) in [4.78, 5) is 25.2. The molecule has 2 aromatic rings. The molecular weight excluding hydrogens is 356 g/mol. The minimum absolute atomic E-state index is 0.180. The van der Waals surface area contributed by atoms with Crippen LogP contribution in [0, 0.1) is 10.1 Å². The summed E-state index contributed by atoms with van der Waals surface area (Å²) in [6.45, 7) is 1.84. The molecule has 0 unspecified atom stereocenters. The number of amides is 1. The van der Waals surface area contributed by atoms with E-state index in [1.165, 1.54) is 11.0 Å². The molecule has 22 heavy (non-hydrogen) atoms. The van der Waals surface area contributed by atoms with Gasteiger partial charge in [0.05, 0.1) is 12.3 Å². The van der Waals surface area contributed by atoms with E-state index >= 15 is 0 Å². The van der Waals surface area contributed by atoms with Crippen LogP contribution in [0.4, 0.5) is 5.95 Å². The molecule has 114 valence electrons. The van der Waals surface area contributed by atoms with Crippen molar-refractivity contribution in [1.82, 2.24) is 20.2 Å². The zero-order valence-corrected chi connectivity index (χ0v) is 13.0. The largest absolute Gasteiger partial charge is 0.490 e. The summed E-state index contributed by atoms with van der Waals surface area (Å²) in [6.07, 6.45) is 1.23. The number of nitrogens with one attached hydrogen (secondary N) is 1. The second kappa shape index (κ2) is 6.89. The number of halogens is 1. The number of hydrogen-bond acceptors (Lipinski definition) is 6. The van der Waals surface area contributed by atoms with Crippen molar-refractivity contribution in [3.05, 3.63) is 50.7 Å². The number of rotatable bonds is 5. The van der Waals surface area contributed by atoms with E-state index in [4.69, 9.17) is 0 Å². The second-order valence-corrected chi connectivity index (χ2v) is 5.21. The molecule has 1 aromatic carbocycles. The van der Waals surface area contributed by atoms with Crippen LogP contribution in [0.2, 0.25) is 0 Å². The van der Waals surface area contributed by atoms with Crippen LogP contribution in [0.5, 0.6) is 0 Å². The van der Waals surface area contributed by atoms with Crippen LogP contribution >= 0.6 is 15.9 Å². The van der Waals surface area contributed by atoms with Gasteiger partial charge in [0, 0.05) is 15.1 Å². The Bertz CT molecular complexity index is 742. The fraction of sp³-hybridized carbons (Fsp3) is 0.167. The minimum Gasteiger partial charge on any atom is -0.390 e. The lowest BCUT2D eigenvalue weighted by molar-refractivity contribution is -0.394. The van der Waals surface area contributed by atoms with Crippen molar-refractivity contribution in [3.8, 4) is 0 Å². The Morgan fingerprint density at radius 3 is 2.95 bits per heavy atom. The molecule has 0 radical (unpaired) electrons. The highest BCUT2D eigenvalue weighted by Crippen LogP contribution is 2.11. The van der Waals surface area contributed by atoms with Gasteiger partial charge in [-0.15, -0.1) is 0 Å². The first kappa shape index (κ1) is 15.8. The number of benzene rings is 1. The molecule has 1 N–H and O–H groups in total. The SMILES string of the molecule is C/C(Cn1cnc([N+](=O)[O-])n1)=N/NC(=O)c1cccc(Br)c1. The van der Waals surface area contributed by atoms with Crippen molar-refractivity contribution in [1.29, 1.82) is 0 Å². The Hall–Kier alpha value is -2.62. The average molecular weight is 367 g/mol. The van der Waals surface area contributed by atoms with Gasteiger partial charge in [-0.3, -0.25) is 4.79 Å². The lowest BCUT2D eigenvalue weighted by Crippen LogP contribution is -2.20. The normalized spacial score (nSPS) is 11.3. The summed E-state index contributed by atoms with van der Waals surface area (Å²) in [5.41, 5.74) is 3.39. The van der Waals surface area contributed by atoms with E-state index in [-0.39, 0.29) is 12.5 Å². The number of aromatic nitrogens is 3. The average Bonchev–Trinajstić information content (AvgIpc) is 2.93. The van der Waals surface area contributed by atoms with Crippen molar-refractivity contribution in [2.45, 2.75) is 13.5 Å². The van der Waals surface area contributed by atoms with Crippen molar-refractivity contribution < 1.29 is 9.72 Å². The number of nitrogens with zero attached hydrogens (tertiary/aromatic N) is 5. The Labute approximate surface area is 133 Å². The smallest absolute Gasteiger partial charge is 0.390 e. The van der Waals surface area contributed by atoms with Crippen molar-refractivity contribution in [2.24, 2.45) is 5.10 Å². The summed E-state index contributed by atoms with van der Waals surface area (Å²) < 4.78 is 2.05. The van der Waals surface area contributed by atoms with Gasteiger partial charge in [0.1, 0.15) is 0 Å². The van der Waals surface area contributed by atoms with Crippen LogP contribution in [0.3, 0.4) is 0 Å². The summed E-state index contributed by atoms with van der Waals surface area (Å²) in [5.74, 6) is -0.837. The summed E-state index contributed by atoms with van der Waals surface area (Å²) in [6, 6.07) is 6.87. The van der Waals surface area contributed by atoms with E-state index in [9.17, 15) is 14.9 Å². The topological polar surface area (TPSA) is 115 Å². The Kier molecular flexibility index (Phi) is 4.94. The summed E-state index contributed by atoms with van der Waals surface area (Å²) >= 11 is 3.28. The van der Waals surface area contributed by atoms with Gasteiger partial charge in [0.25, 0.3) is 5.91 Å². The predicted molar refractivity (Wildman–Crippen MR) is 81.4 cm³/mol. The van der Waals surface area contributed by atoms with E-state index in [2.05, 4.69) is 36.5 Å². The highest BCUT2D eigenvalue weighted by atomic mass is 79.9. The van der Waals surface area contributed by atoms with Gasteiger partial charge in [0.15, 0.2) is 0 Å². The van der Waals surface area contributed by atoms with Crippen molar-refractivity contribution in [2.75, 3.05) is 0 Å². The molecular formula is C12H11BrN6O3. The van der Waals surface area contributed by atoms with Crippen LogP contribution in [-0.2, 0) is 6.54 Å². The van der Waals surface area contributed by atoms with Crippen molar-refractivity contribution in [3.63, 3.8) is 0 Å². The highest BCUT2D eigenvalue weighted by molar-refractivity contribution is 9.10. The predicted octanol–water partition coefficient (Wildman–Crippen LogP) is 1.75. The molecule has 1 aromatic heterocycles. The fourth-order valence-electron chi connectivity index (χ4n) is 1.55. The molecule has 0 aliphatic heterocycles.